The van der Waals surface area contributed by atoms with Crippen LogP contribution in [0.15, 0.2) is 47.1 Å². The van der Waals surface area contributed by atoms with Crippen LogP contribution in [0.1, 0.15) is 17.4 Å². The molecule has 1 unspecified atom stereocenters. The van der Waals surface area contributed by atoms with Crippen molar-refractivity contribution in [1.82, 2.24) is 20.1 Å². The van der Waals surface area contributed by atoms with Crippen molar-refractivity contribution in [1.29, 1.82) is 0 Å². The first-order valence-corrected chi connectivity index (χ1v) is 7.67. The van der Waals surface area contributed by atoms with Crippen LogP contribution in [0.25, 0.3) is 10.9 Å². The number of aryl methyl sites for hydroxylation is 1. The van der Waals surface area contributed by atoms with Crippen LogP contribution in [-0.4, -0.2) is 21.8 Å². The molecule has 3 aromatic rings. The second kappa shape index (κ2) is 5.95. The molecular formula is C16H17BrN4. The number of halogens is 1. The number of hydrogen-bond donors (Lipinski definition) is 1. The fourth-order valence-corrected chi connectivity index (χ4v) is 2.82. The molecule has 2 heterocycles. The highest BCUT2D eigenvalue weighted by molar-refractivity contribution is 9.10. The van der Waals surface area contributed by atoms with Crippen molar-refractivity contribution >= 4 is 26.8 Å². The molecule has 1 atom stereocenters. The van der Waals surface area contributed by atoms with Gasteiger partial charge >= 0.3 is 0 Å². The van der Waals surface area contributed by atoms with Gasteiger partial charge in [-0.25, -0.2) is 0 Å². The molecule has 2 aromatic heterocycles. The van der Waals surface area contributed by atoms with Crippen molar-refractivity contribution in [3.05, 3.63) is 58.5 Å². The number of rotatable bonds is 4. The molecule has 3 rings (SSSR count). The molecule has 4 nitrogen and oxygen atoms in total. The lowest BCUT2D eigenvalue weighted by Crippen LogP contribution is -2.20. The Morgan fingerprint density at radius 1 is 1.24 bits per heavy atom. The van der Waals surface area contributed by atoms with Crippen LogP contribution < -0.4 is 5.32 Å². The minimum Gasteiger partial charge on any atom is -0.311 e. The SMILES string of the molecule is CNC(Cc1nn(C)c2ccccc12)c1ccc(Br)cn1. The van der Waals surface area contributed by atoms with E-state index in [2.05, 4.69) is 49.5 Å². The van der Waals surface area contributed by atoms with E-state index in [0.717, 1.165) is 27.8 Å². The highest BCUT2D eigenvalue weighted by atomic mass is 79.9. The summed E-state index contributed by atoms with van der Waals surface area (Å²) in [4.78, 5) is 4.49. The first-order chi connectivity index (χ1) is 10.2. The van der Waals surface area contributed by atoms with Crippen molar-refractivity contribution in [2.45, 2.75) is 12.5 Å². The molecule has 5 heteroatoms. The van der Waals surface area contributed by atoms with Crippen LogP contribution >= 0.6 is 15.9 Å². The second-order valence-electron chi connectivity index (χ2n) is 5.03. The summed E-state index contributed by atoms with van der Waals surface area (Å²) in [6.07, 6.45) is 2.64. The Kier molecular flexibility index (Phi) is 4.03. The van der Waals surface area contributed by atoms with Crippen LogP contribution in [0.4, 0.5) is 0 Å². The Morgan fingerprint density at radius 2 is 2.05 bits per heavy atom. The van der Waals surface area contributed by atoms with Gasteiger partial charge in [0.05, 0.1) is 22.9 Å². The minimum absolute atomic E-state index is 0.149. The van der Waals surface area contributed by atoms with Crippen LogP contribution in [-0.2, 0) is 13.5 Å². The summed E-state index contributed by atoms with van der Waals surface area (Å²) in [7, 11) is 3.94. The first-order valence-electron chi connectivity index (χ1n) is 6.88. The van der Waals surface area contributed by atoms with E-state index in [9.17, 15) is 0 Å². The van der Waals surface area contributed by atoms with Gasteiger partial charge in [0, 0.05) is 29.5 Å². The van der Waals surface area contributed by atoms with Crippen LogP contribution in [0.5, 0.6) is 0 Å². The van der Waals surface area contributed by atoms with E-state index in [-0.39, 0.29) is 6.04 Å². The zero-order chi connectivity index (χ0) is 14.8. The number of fused-ring (bicyclic) bond motifs is 1. The maximum Gasteiger partial charge on any atom is 0.0722 e. The van der Waals surface area contributed by atoms with Gasteiger partial charge in [0.2, 0.25) is 0 Å². The smallest absolute Gasteiger partial charge is 0.0722 e. The predicted molar refractivity (Wildman–Crippen MR) is 88.2 cm³/mol. The summed E-state index contributed by atoms with van der Waals surface area (Å²) >= 11 is 3.42. The average molecular weight is 345 g/mol. The monoisotopic (exact) mass is 344 g/mol. The number of aromatic nitrogens is 3. The summed E-state index contributed by atoms with van der Waals surface area (Å²) in [5.74, 6) is 0. The lowest BCUT2D eigenvalue weighted by molar-refractivity contribution is 0.564. The molecule has 0 saturated heterocycles. The third kappa shape index (κ3) is 2.84. The fraction of sp³-hybridized carbons (Fsp3) is 0.250. The third-order valence-corrected chi connectivity index (χ3v) is 4.16. The molecule has 0 spiro atoms. The number of pyridine rings is 1. The number of hydrogen-bond acceptors (Lipinski definition) is 3. The topological polar surface area (TPSA) is 42.7 Å². The Morgan fingerprint density at radius 3 is 2.76 bits per heavy atom. The van der Waals surface area contributed by atoms with Crippen LogP contribution in [0.3, 0.4) is 0 Å². The second-order valence-corrected chi connectivity index (χ2v) is 5.95. The van der Waals surface area contributed by atoms with E-state index in [1.54, 1.807) is 0 Å². The standard InChI is InChI=1S/C16H17BrN4/c1-18-15(13-8-7-11(17)10-19-13)9-14-12-5-3-4-6-16(12)21(2)20-14/h3-8,10,15,18H,9H2,1-2H3. The molecule has 0 radical (unpaired) electrons. The predicted octanol–water partition coefficient (Wildman–Crippen LogP) is 3.23. The van der Waals surface area contributed by atoms with Gasteiger partial charge in [0.1, 0.15) is 0 Å². The molecule has 21 heavy (non-hydrogen) atoms. The van der Waals surface area contributed by atoms with Crippen LogP contribution in [0.2, 0.25) is 0 Å². The van der Waals surface area contributed by atoms with Crippen molar-refractivity contribution in [2.75, 3.05) is 7.05 Å². The summed E-state index contributed by atoms with van der Waals surface area (Å²) in [5, 5.41) is 9.20. The van der Waals surface area contributed by atoms with Gasteiger partial charge in [-0.2, -0.15) is 5.10 Å². The summed E-state index contributed by atoms with van der Waals surface area (Å²) in [6.45, 7) is 0. The molecule has 0 fully saturated rings. The molecule has 0 aliphatic heterocycles. The number of benzene rings is 1. The zero-order valence-corrected chi connectivity index (χ0v) is 13.6. The Bertz CT molecular complexity index is 749. The van der Waals surface area contributed by atoms with Gasteiger partial charge < -0.3 is 5.32 Å². The van der Waals surface area contributed by atoms with E-state index in [1.165, 1.54) is 5.39 Å². The molecule has 0 aliphatic rings. The molecule has 0 saturated carbocycles. The van der Waals surface area contributed by atoms with Gasteiger partial charge in [-0.3, -0.25) is 9.67 Å². The average Bonchev–Trinajstić information content (AvgIpc) is 2.83. The van der Waals surface area contributed by atoms with E-state index in [4.69, 9.17) is 0 Å². The fourth-order valence-electron chi connectivity index (χ4n) is 2.58. The van der Waals surface area contributed by atoms with Crippen molar-refractivity contribution in [3.63, 3.8) is 0 Å². The van der Waals surface area contributed by atoms with Gasteiger partial charge in [0.25, 0.3) is 0 Å². The molecule has 0 amide bonds. The van der Waals surface area contributed by atoms with E-state index >= 15 is 0 Å². The van der Waals surface area contributed by atoms with Gasteiger partial charge in [-0.05, 0) is 41.2 Å². The Labute approximate surface area is 132 Å². The molecule has 108 valence electrons. The normalized spacial score (nSPS) is 12.7. The lowest BCUT2D eigenvalue weighted by Gasteiger charge is -2.14. The Hall–Kier alpha value is -1.72. The summed E-state index contributed by atoms with van der Waals surface area (Å²) in [6, 6.07) is 12.5. The molecule has 1 N–H and O–H groups in total. The van der Waals surface area contributed by atoms with Crippen molar-refractivity contribution in [3.8, 4) is 0 Å². The van der Waals surface area contributed by atoms with Gasteiger partial charge in [-0.1, -0.05) is 18.2 Å². The maximum atomic E-state index is 4.66. The highest BCUT2D eigenvalue weighted by Crippen LogP contribution is 2.23. The number of nitrogens with zero attached hydrogens (tertiary/aromatic N) is 3. The quantitative estimate of drug-likeness (QED) is 0.790. The van der Waals surface area contributed by atoms with Gasteiger partial charge in [-0.15, -0.1) is 0 Å². The molecule has 0 bridgehead atoms. The summed E-state index contributed by atoms with van der Waals surface area (Å²) < 4.78 is 2.93. The molecule has 1 aromatic carbocycles. The largest absolute Gasteiger partial charge is 0.311 e. The number of nitrogens with one attached hydrogen (secondary N) is 1. The van der Waals surface area contributed by atoms with Gasteiger partial charge in [0.15, 0.2) is 0 Å². The molecular weight excluding hydrogens is 328 g/mol. The number of likely N-dealkylation sites (N-methyl/N-ethyl adjacent to an activating group) is 1. The Balaban J connectivity index is 1.94. The summed E-state index contributed by atoms with van der Waals surface area (Å²) in [5.41, 5.74) is 3.28. The third-order valence-electron chi connectivity index (χ3n) is 3.69. The number of para-hydroxylation sites is 1. The van der Waals surface area contributed by atoms with Crippen molar-refractivity contribution < 1.29 is 0 Å². The van der Waals surface area contributed by atoms with E-state index in [0.29, 0.717) is 0 Å². The van der Waals surface area contributed by atoms with Crippen molar-refractivity contribution in [2.24, 2.45) is 7.05 Å². The van der Waals surface area contributed by atoms with E-state index < -0.39 is 0 Å². The highest BCUT2D eigenvalue weighted by Gasteiger charge is 2.16. The zero-order valence-electron chi connectivity index (χ0n) is 12.0. The van der Waals surface area contributed by atoms with E-state index in [1.807, 2.05) is 43.2 Å². The first kappa shape index (κ1) is 14.2. The lowest BCUT2D eigenvalue weighted by atomic mass is 10.0. The molecule has 0 aliphatic carbocycles. The minimum atomic E-state index is 0.149. The van der Waals surface area contributed by atoms with Crippen LogP contribution in [0, 0.1) is 0 Å². The maximum absolute atomic E-state index is 4.66.